The number of rotatable bonds is 2. The van der Waals surface area contributed by atoms with Crippen molar-refractivity contribution in [3.63, 3.8) is 0 Å². The van der Waals surface area contributed by atoms with Gasteiger partial charge in [0.2, 0.25) is 0 Å². The molecule has 0 amide bonds. The van der Waals surface area contributed by atoms with E-state index in [4.69, 9.17) is 16.3 Å². The lowest BCUT2D eigenvalue weighted by molar-refractivity contribution is 0.418. The van der Waals surface area contributed by atoms with Gasteiger partial charge in [-0.1, -0.05) is 34.5 Å². The molecule has 2 nitrogen and oxygen atoms in total. The molecule has 2 rings (SSSR count). The van der Waals surface area contributed by atoms with Crippen molar-refractivity contribution in [3.8, 4) is 5.75 Å². The number of nitrogens with zero attached hydrogens (tertiary/aromatic N) is 1. The smallest absolute Gasteiger partial charge is 0.145 e. The molecular formula is C13H13BrClNO. The highest BCUT2D eigenvalue weighted by Gasteiger charge is 2.14. The fourth-order valence-corrected chi connectivity index (χ4v) is 2.84. The van der Waals surface area contributed by atoms with Crippen LogP contribution in [0, 0.1) is 6.92 Å². The Morgan fingerprint density at radius 1 is 1.41 bits per heavy atom. The van der Waals surface area contributed by atoms with Gasteiger partial charge >= 0.3 is 0 Å². The third-order valence-electron chi connectivity index (χ3n) is 2.87. The van der Waals surface area contributed by atoms with Crippen molar-refractivity contribution >= 4 is 38.4 Å². The Labute approximate surface area is 114 Å². The molecule has 0 aliphatic rings. The Hall–Kier alpha value is -0.800. The summed E-state index contributed by atoms with van der Waals surface area (Å²) in [5.74, 6) is 0.750. The van der Waals surface area contributed by atoms with Crippen molar-refractivity contribution in [2.75, 3.05) is 7.11 Å². The fourth-order valence-electron chi connectivity index (χ4n) is 1.91. The van der Waals surface area contributed by atoms with Crippen molar-refractivity contribution in [1.82, 2.24) is 4.98 Å². The van der Waals surface area contributed by atoms with E-state index in [9.17, 15) is 0 Å². The number of pyridine rings is 1. The zero-order chi connectivity index (χ0) is 12.6. The molecule has 0 spiro atoms. The highest BCUT2D eigenvalue weighted by molar-refractivity contribution is 9.10. The van der Waals surface area contributed by atoms with Crippen LogP contribution in [0.25, 0.3) is 10.9 Å². The molecule has 0 N–H and O–H groups in total. The first-order valence-corrected chi connectivity index (χ1v) is 6.58. The van der Waals surface area contributed by atoms with Crippen LogP contribution >= 0.6 is 27.5 Å². The van der Waals surface area contributed by atoms with Crippen LogP contribution in [0.3, 0.4) is 0 Å². The monoisotopic (exact) mass is 313 g/mol. The second kappa shape index (κ2) is 4.83. The molecule has 1 aromatic carbocycles. The van der Waals surface area contributed by atoms with E-state index in [1.165, 1.54) is 0 Å². The molecule has 0 radical (unpaired) electrons. The van der Waals surface area contributed by atoms with Gasteiger partial charge in [-0.15, -0.1) is 0 Å². The molecule has 0 unspecified atom stereocenters. The number of hydrogen-bond acceptors (Lipinski definition) is 2. The summed E-state index contributed by atoms with van der Waals surface area (Å²) in [4.78, 5) is 4.65. The maximum absolute atomic E-state index is 6.42. The minimum atomic E-state index is 0.748. The average molecular weight is 315 g/mol. The predicted octanol–water partition coefficient (Wildman–Crippen LogP) is 4.53. The molecule has 17 heavy (non-hydrogen) atoms. The molecule has 0 aliphatic carbocycles. The lowest BCUT2D eigenvalue weighted by Crippen LogP contribution is -1.97. The molecule has 1 aromatic heterocycles. The summed E-state index contributed by atoms with van der Waals surface area (Å²) >= 11 is 9.93. The van der Waals surface area contributed by atoms with E-state index in [1.54, 1.807) is 7.11 Å². The van der Waals surface area contributed by atoms with E-state index in [1.807, 2.05) is 19.1 Å². The standard InChI is InChI=1S/C13H13BrClNO/c1-4-9-7(2)12(15)11-8(14)5-6-10(17-3)13(11)16-9/h5-6H,4H2,1-3H3. The fraction of sp³-hybridized carbons (Fsp3) is 0.308. The molecule has 1 heterocycles. The van der Waals surface area contributed by atoms with Crippen molar-refractivity contribution < 1.29 is 4.74 Å². The van der Waals surface area contributed by atoms with Gasteiger partial charge in [0.25, 0.3) is 0 Å². The summed E-state index contributed by atoms with van der Waals surface area (Å²) < 4.78 is 6.28. The van der Waals surface area contributed by atoms with Gasteiger partial charge in [0.1, 0.15) is 11.3 Å². The number of fused-ring (bicyclic) bond motifs is 1. The lowest BCUT2D eigenvalue weighted by atomic mass is 10.1. The van der Waals surface area contributed by atoms with Crippen LogP contribution in [0.4, 0.5) is 0 Å². The Bertz CT molecular complexity index is 583. The van der Waals surface area contributed by atoms with Gasteiger partial charge in [-0.2, -0.15) is 0 Å². The first-order chi connectivity index (χ1) is 8.10. The third-order valence-corrected chi connectivity index (χ3v) is 4.01. The van der Waals surface area contributed by atoms with Crippen molar-refractivity contribution in [2.24, 2.45) is 0 Å². The number of aromatic nitrogens is 1. The zero-order valence-electron chi connectivity index (χ0n) is 9.97. The molecule has 0 fully saturated rings. The van der Waals surface area contributed by atoms with Crippen molar-refractivity contribution in [1.29, 1.82) is 0 Å². The largest absolute Gasteiger partial charge is 0.494 e. The van der Waals surface area contributed by atoms with E-state index in [-0.39, 0.29) is 0 Å². The number of ether oxygens (including phenoxy) is 1. The van der Waals surface area contributed by atoms with Crippen LogP contribution in [-0.2, 0) is 6.42 Å². The van der Waals surface area contributed by atoms with Gasteiger partial charge in [0, 0.05) is 15.6 Å². The van der Waals surface area contributed by atoms with E-state index in [2.05, 4.69) is 27.8 Å². The van der Waals surface area contributed by atoms with E-state index >= 15 is 0 Å². The summed E-state index contributed by atoms with van der Waals surface area (Å²) in [6.45, 7) is 4.07. The first kappa shape index (κ1) is 12.7. The number of hydrogen-bond donors (Lipinski definition) is 0. The van der Waals surface area contributed by atoms with Crippen LogP contribution in [0.15, 0.2) is 16.6 Å². The number of methoxy groups -OCH3 is 1. The molecule has 4 heteroatoms. The maximum atomic E-state index is 6.42. The van der Waals surface area contributed by atoms with Gasteiger partial charge in [-0.25, -0.2) is 4.98 Å². The van der Waals surface area contributed by atoms with Gasteiger partial charge in [0.15, 0.2) is 0 Å². The Balaban J connectivity index is 2.94. The van der Waals surface area contributed by atoms with Gasteiger partial charge < -0.3 is 4.74 Å². The molecule has 90 valence electrons. The average Bonchev–Trinajstić information content (AvgIpc) is 2.33. The summed E-state index contributed by atoms with van der Waals surface area (Å²) in [6.07, 6.45) is 0.858. The summed E-state index contributed by atoms with van der Waals surface area (Å²) in [5, 5.41) is 1.67. The molecule has 0 atom stereocenters. The molecular weight excluding hydrogens is 302 g/mol. The highest BCUT2D eigenvalue weighted by Crippen LogP contribution is 2.37. The van der Waals surface area contributed by atoms with E-state index < -0.39 is 0 Å². The van der Waals surface area contributed by atoms with E-state index in [0.717, 1.165) is 43.8 Å². The molecule has 2 aromatic rings. The van der Waals surface area contributed by atoms with E-state index in [0.29, 0.717) is 0 Å². The molecule has 0 saturated carbocycles. The van der Waals surface area contributed by atoms with Crippen molar-refractivity contribution in [3.05, 3.63) is 32.9 Å². The molecule has 0 bridgehead atoms. The summed E-state index contributed by atoms with van der Waals surface area (Å²) in [7, 11) is 1.64. The Morgan fingerprint density at radius 3 is 2.71 bits per heavy atom. The third kappa shape index (κ3) is 2.02. The number of halogens is 2. The SMILES string of the molecule is CCc1nc2c(OC)ccc(Br)c2c(Cl)c1C. The summed E-state index contributed by atoms with van der Waals surface area (Å²) in [6, 6.07) is 3.82. The molecule has 0 aliphatic heterocycles. The van der Waals surface area contributed by atoms with Crippen LogP contribution in [0.5, 0.6) is 5.75 Å². The highest BCUT2D eigenvalue weighted by atomic mass is 79.9. The van der Waals surface area contributed by atoms with Crippen LogP contribution < -0.4 is 4.74 Å². The molecule has 0 saturated heterocycles. The second-order valence-electron chi connectivity index (χ2n) is 3.82. The van der Waals surface area contributed by atoms with Crippen LogP contribution in [0.2, 0.25) is 5.02 Å². The first-order valence-electron chi connectivity index (χ1n) is 5.41. The second-order valence-corrected chi connectivity index (χ2v) is 5.06. The zero-order valence-corrected chi connectivity index (χ0v) is 12.3. The lowest BCUT2D eigenvalue weighted by Gasteiger charge is -2.12. The quantitative estimate of drug-likeness (QED) is 0.812. The Morgan fingerprint density at radius 2 is 2.12 bits per heavy atom. The van der Waals surface area contributed by atoms with Gasteiger partial charge in [-0.05, 0) is 31.0 Å². The summed E-state index contributed by atoms with van der Waals surface area (Å²) in [5.41, 5.74) is 2.86. The minimum Gasteiger partial charge on any atom is -0.494 e. The Kier molecular flexibility index (Phi) is 3.59. The normalized spacial score (nSPS) is 10.9. The predicted molar refractivity (Wildman–Crippen MR) is 75.1 cm³/mol. The van der Waals surface area contributed by atoms with Crippen LogP contribution in [-0.4, -0.2) is 12.1 Å². The van der Waals surface area contributed by atoms with Crippen LogP contribution in [0.1, 0.15) is 18.2 Å². The topological polar surface area (TPSA) is 22.1 Å². The van der Waals surface area contributed by atoms with Gasteiger partial charge in [0.05, 0.1) is 12.1 Å². The van der Waals surface area contributed by atoms with Crippen molar-refractivity contribution in [2.45, 2.75) is 20.3 Å². The minimum absolute atomic E-state index is 0.748. The number of benzene rings is 1. The maximum Gasteiger partial charge on any atom is 0.145 e. The number of aryl methyl sites for hydroxylation is 1. The van der Waals surface area contributed by atoms with Gasteiger partial charge in [-0.3, -0.25) is 0 Å².